The Morgan fingerprint density at radius 1 is 0.963 bits per heavy atom. The number of hydrogen-bond acceptors (Lipinski definition) is 7. The van der Waals surface area contributed by atoms with Gasteiger partial charge in [-0.05, 0) is 53.2 Å². The van der Waals surface area contributed by atoms with Crippen molar-refractivity contribution in [3.8, 4) is 22.5 Å². The van der Waals surface area contributed by atoms with Crippen molar-refractivity contribution in [1.29, 1.82) is 0 Å². The maximum Gasteiger partial charge on any atom is 0.222 e. The summed E-state index contributed by atoms with van der Waals surface area (Å²) in [6.45, 7) is 2.06. The van der Waals surface area contributed by atoms with Crippen LogP contribution in [-0.2, 0) is 0 Å². The maximum absolute atomic E-state index is 6.10. The van der Waals surface area contributed by atoms with Gasteiger partial charge in [0.2, 0.25) is 5.65 Å². The van der Waals surface area contributed by atoms with Gasteiger partial charge in [0.15, 0.2) is 5.82 Å². The third-order valence-corrected chi connectivity index (χ3v) is 4.55. The van der Waals surface area contributed by atoms with Crippen LogP contribution >= 0.6 is 0 Å². The second-order valence-electron chi connectivity index (χ2n) is 6.20. The summed E-state index contributed by atoms with van der Waals surface area (Å²) in [6.07, 6.45) is 5.24. The highest BCUT2D eigenvalue weighted by molar-refractivity contribution is 5.90. The van der Waals surface area contributed by atoms with Crippen LogP contribution in [0.4, 0.5) is 5.82 Å². The van der Waals surface area contributed by atoms with Gasteiger partial charge in [0.05, 0.1) is 11.2 Å². The quantitative estimate of drug-likeness (QED) is 0.519. The molecule has 8 heteroatoms. The molecular weight excluding hydrogens is 340 g/mol. The lowest BCUT2D eigenvalue weighted by atomic mass is 10.0. The second kappa shape index (κ2) is 5.80. The summed E-state index contributed by atoms with van der Waals surface area (Å²) in [5.41, 5.74) is 11.9. The van der Waals surface area contributed by atoms with Crippen LogP contribution in [0.5, 0.6) is 0 Å². The first kappa shape index (κ1) is 15.3. The van der Waals surface area contributed by atoms with E-state index in [2.05, 4.69) is 43.5 Å². The highest BCUT2D eigenvalue weighted by Gasteiger charge is 2.19. The van der Waals surface area contributed by atoms with E-state index in [1.807, 2.05) is 36.5 Å². The normalized spacial score (nSPS) is 11.3. The molecule has 5 aromatic rings. The molecule has 0 aliphatic heterocycles. The first-order valence-electron chi connectivity index (χ1n) is 8.36. The molecule has 2 N–H and O–H groups in total. The molecule has 0 saturated carbocycles. The van der Waals surface area contributed by atoms with Crippen molar-refractivity contribution in [2.75, 3.05) is 5.73 Å². The minimum atomic E-state index is 0.272. The van der Waals surface area contributed by atoms with Gasteiger partial charge in [-0.2, -0.15) is 4.52 Å². The number of anilines is 1. The van der Waals surface area contributed by atoms with E-state index in [-0.39, 0.29) is 5.82 Å². The number of aryl methyl sites for hydroxylation is 1. The van der Waals surface area contributed by atoms with Crippen molar-refractivity contribution in [1.82, 2.24) is 35.0 Å². The number of hydrogen-bond donors (Lipinski definition) is 1. The fourth-order valence-corrected chi connectivity index (χ4v) is 3.22. The minimum absolute atomic E-state index is 0.272. The van der Waals surface area contributed by atoms with E-state index >= 15 is 0 Å². The molecule has 130 valence electrons. The SMILES string of the molecule is Cc1ccnc2ccc(-c3c(-c4ccncc4)nc(N)c4nnnn34)cc12. The van der Waals surface area contributed by atoms with E-state index < -0.39 is 0 Å². The molecule has 0 saturated heterocycles. The Morgan fingerprint density at radius 2 is 1.81 bits per heavy atom. The van der Waals surface area contributed by atoms with E-state index in [9.17, 15) is 0 Å². The highest BCUT2D eigenvalue weighted by Crippen LogP contribution is 2.33. The lowest BCUT2D eigenvalue weighted by molar-refractivity contribution is 0.827. The van der Waals surface area contributed by atoms with Crippen LogP contribution in [0.1, 0.15) is 5.56 Å². The lowest BCUT2D eigenvalue weighted by Gasteiger charge is -2.12. The molecule has 1 aromatic carbocycles. The van der Waals surface area contributed by atoms with E-state index in [4.69, 9.17) is 5.73 Å². The average molecular weight is 354 g/mol. The van der Waals surface area contributed by atoms with Crippen LogP contribution in [0.25, 0.3) is 39.1 Å². The van der Waals surface area contributed by atoms with Gasteiger partial charge in [-0.3, -0.25) is 9.97 Å². The second-order valence-corrected chi connectivity index (χ2v) is 6.20. The zero-order chi connectivity index (χ0) is 18.4. The van der Waals surface area contributed by atoms with E-state index in [0.29, 0.717) is 11.3 Å². The van der Waals surface area contributed by atoms with Crippen LogP contribution < -0.4 is 5.73 Å². The Bertz CT molecular complexity index is 1290. The monoisotopic (exact) mass is 354 g/mol. The molecule has 0 fully saturated rings. The van der Waals surface area contributed by atoms with Crippen LogP contribution in [-0.4, -0.2) is 35.0 Å². The number of nitrogens with two attached hydrogens (primary N) is 1. The molecule has 0 aliphatic rings. The van der Waals surface area contributed by atoms with Crippen LogP contribution in [0.15, 0.2) is 55.0 Å². The number of fused-ring (bicyclic) bond motifs is 2. The highest BCUT2D eigenvalue weighted by atomic mass is 15.5. The zero-order valence-corrected chi connectivity index (χ0v) is 14.4. The zero-order valence-electron chi connectivity index (χ0n) is 14.4. The number of tetrazole rings is 1. The summed E-state index contributed by atoms with van der Waals surface area (Å²) in [7, 11) is 0. The lowest BCUT2D eigenvalue weighted by Crippen LogP contribution is -2.05. The molecule has 4 heterocycles. The Balaban J connectivity index is 1.88. The third-order valence-electron chi connectivity index (χ3n) is 4.55. The first-order chi connectivity index (χ1) is 13.2. The molecule has 8 nitrogen and oxygen atoms in total. The fraction of sp³-hybridized carbons (Fsp3) is 0.0526. The molecular formula is C19H14N8. The van der Waals surface area contributed by atoms with Crippen molar-refractivity contribution in [2.45, 2.75) is 6.92 Å². The maximum atomic E-state index is 6.10. The molecule has 0 amide bonds. The van der Waals surface area contributed by atoms with Gasteiger partial charge in [0.25, 0.3) is 0 Å². The molecule has 27 heavy (non-hydrogen) atoms. The molecule has 0 bridgehead atoms. The smallest absolute Gasteiger partial charge is 0.222 e. The van der Waals surface area contributed by atoms with Crippen molar-refractivity contribution < 1.29 is 0 Å². The van der Waals surface area contributed by atoms with Gasteiger partial charge in [-0.15, -0.1) is 5.10 Å². The number of nitrogen functional groups attached to an aromatic ring is 1. The van der Waals surface area contributed by atoms with E-state index in [0.717, 1.165) is 33.3 Å². The molecule has 5 rings (SSSR count). The molecule has 0 atom stereocenters. The largest absolute Gasteiger partial charge is 0.380 e. The molecule has 0 aliphatic carbocycles. The van der Waals surface area contributed by atoms with Crippen molar-refractivity contribution >= 4 is 22.4 Å². The Labute approximate surface area is 153 Å². The van der Waals surface area contributed by atoms with Gasteiger partial charge < -0.3 is 5.73 Å². The van der Waals surface area contributed by atoms with Gasteiger partial charge in [0, 0.05) is 35.1 Å². The van der Waals surface area contributed by atoms with Crippen molar-refractivity contribution in [3.05, 3.63) is 60.6 Å². The Kier molecular flexibility index (Phi) is 3.29. The number of rotatable bonds is 2. The van der Waals surface area contributed by atoms with Gasteiger partial charge in [0.1, 0.15) is 5.69 Å². The summed E-state index contributed by atoms with van der Waals surface area (Å²) in [4.78, 5) is 13.1. The Hall–Kier alpha value is -3.94. The number of aromatic nitrogens is 7. The minimum Gasteiger partial charge on any atom is -0.380 e. The topological polar surface area (TPSA) is 108 Å². The molecule has 0 radical (unpaired) electrons. The molecule has 0 spiro atoms. The summed E-state index contributed by atoms with van der Waals surface area (Å²) < 4.78 is 1.63. The standard InChI is InChI=1S/C19H14N8/c1-11-4-9-22-15-3-2-13(10-14(11)15)17-16(12-5-7-21-8-6-12)23-18(20)19-24-25-26-27(17)19/h2-10H,1H3,(H2,20,23). The van der Waals surface area contributed by atoms with E-state index in [1.54, 1.807) is 16.9 Å². The van der Waals surface area contributed by atoms with Crippen molar-refractivity contribution in [3.63, 3.8) is 0 Å². The number of pyridine rings is 2. The summed E-state index contributed by atoms with van der Waals surface area (Å²) in [6, 6.07) is 11.8. The molecule has 0 unspecified atom stereocenters. The fourth-order valence-electron chi connectivity index (χ4n) is 3.22. The summed E-state index contributed by atoms with van der Waals surface area (Å²) in [5, 5.41) is 13.0. The van der Waals surface area contributed by atoms with E-state index in [1.165, 1.54) is 0 Å². The van der Waals surface area contributed by atoms with Crippen LogP contribution in [0.3, 0.4) is 0 Å². The van der Waals surface area contributed by atoms with Gasteiger partial charge >= 0.3 is 0 Å². The summed E-state index contributed by atoms with van der Waals surface area (Å²) in [5.74, 6) is 0.272. The predicted octanol–water partition coefficient (Wildman–Crippen LogP) is 2.69. The number of nitrogens with zero attached hydrogens (tertiary/aromatic N) is 7. The predicted molar refractivity (Wildman–Crippen MR) is 102 cm³/mol. The average Bonchev–Trinajstić information content (AvgIpc) is 3.19. The Morgan fingerprint density at radius 3 is 2.67 bits per heavy atom. The van der Waals surface area contributed by atoms with Crippen LogP contribution in [0, 0.1) is 6.92 Å². The van der Waals surface area contributed by atoms with Gasteiger partial charge in [-0.1, -0.05) is 6.07 Å². The van der Waals surface area contributed by atoms with Crippen LogP contribution in [0.2, 0.25) is 0 Å². The van der Waals surface area contributed by atoms with Gasteiger partial charge in [-0.25, -0.2) is 4.98 Å². The molecule has 4 aromatic heterocycles. The summed E-state index contributed by atoms with van der Waals surface area (Å²) >= 11 is 0. The number of benzene rings is 1. The third kappa shape index (κ3) is 2.38. The van der Waals surface area contributed by atoms with Crippen molar-refractivity contribution in [2.24, 2.45) is 0 Å². The first-order valence-corrected chi connectivity index (χ1v) is 8.36.